The maximum absolute atomic E-state index is 13.4. The number of rotatable bonds is 8. The number of ether oxygens (including phenoxy) is 2. The standard InChI is InChI=1S/C27H36N6O6S/c1-20-15-33(21(2)18-34)27(35)10-7-13-32-16-22(29-30-32)19-38-25(20)17-31(3)40(36,37)24-11-12-26(28-14-24)39-23-8-5-4-6-9-23/h4-6,8-9,11-12,14,16,20-21,25,34H,7,10,13,15,17-19H2,1-3H3/t20-,21-,25-/m0/s1. The largest absolute Gasteiger partial charge is 0.439 e. The van der Waals surface area contributed by atoms with E-state index < -0.39 is 16.1 Å². The van der Waals surface area contributed by atoms with Crippen LogP contribution in [-0.2, 0) is 32.7 Å². The lowest BCUT2D eigenvalue weighted by atomic mass is 10.0. The maximum Gasteiger partial charge on any atom is 0.244 e. The van der Waals surface area contributed by atoms with Crippen LogP contribution in [0.2, 0.25) is 0 Å². The Morgan fingerprint density at radius 3 is 2.70 bits per heavy atom. The summed E-state index contributed by atoms with van der Waals surface area (Å²) >= 11 is 0. The topological polar surface area (TPSA) is 140 Å². The van der Waals surface area contributed by atoms with E-state index in [1.165, 1.54) is 29.7 Å². The number of hydrogen-bond donors (Lipinski definition) is 1. The summed E-state index contributed by atoms with van der Waals surface area (Å²) in [5.41, 5.74) is 0.618. The molecule has 0 saturated heterocycles. The number of aliphatic hydroxyl groups excluding tert-OH is 1. The Kier molecular flexibility index (Phi) is 9.85. The molecule has 1 amide bonds. The van der Waals surface area contributed by atoms with E-state index in [4.69, 9.17) is 9.47 Å². The Hall–Kier alpha value is -3.39. The number of pyridine rings is 1. The van der Waals surface area contributed by atoms with Gasteiger partial charge in [0.25, 0.3) is 0 Å². The summed E-state index contributed by atoms with van der Waals surface area (Å²) in [6.45, 7) is 4.51. The van der Waals surface area contributed by atoms with Gasteiger partial charge in [-0.05, 0) is 31.5 Å². The maximum atomic E-state index is 13.4. The van der Waals surface area contributed by atoms with E-state index in [0.29, 0.717) is 37.4 Å². The van der Waals surface area contributed by atoms with Crippen molar-refractivity contribution in [1.82, 2.24) is 29.2 Å². The second kappa shape index (κ2) is 13.3. The SMILES string of the molecule is C[C@H]1CN([C@@H](C)CO)C(=O)CCCn2cc(nn2)CO[C@H]1CN(C)S(=O)(=O)c1ccc(Oc2ccccc2)nc1. The minimum absolute atomic E-state index is 0.0151. The number of fused-ring (bicyclic) bond motifs is 2. The fourth-order valence-electron chi connectivity index (χ4n) is 4.41. The normalized spacial score (nSPS) is 19.9. The first-order chi connectivity index (χ1) is 19.2. The molecule has 1 aromatic carbocycles. The summed E-state index contributed by atoms with van der Waals surface area (Å²) in [5.74, 6) is 0.522. The van der Waals surface area contributed by atoms with Crippen LogP contribution in [0.15, 0.2) is 59.8 Å². The Morgan fingerprint density at radius 1 is 1.23 bits per heavy atom. The van der Waals surface area contributed by atoms with Crippen molar-refractivity contribution in [3.63, 3.8) is 0 Å². The van der Waals surface area contributed by atoms with Crippen LogP contribution in [0, 0.1) is 5.92 Å². The van der Waals surface area contributed by atoms with Gasteiger partial charge in [-0.25, -0.2) is 13.4 Å². The molecule has 3 heterocycles. The summed E-state index contributed by atoms with van der Waals surface area (Å²) in [7, 11) is -2.43. The van der Waals surface area contributed by atoms with Crippen LogP contribution in [0.4, 0.5) is 0 Å². The molecule has 0 spiro atoms. The number of sulfonamides is 1. The highest BCUT2D eigenvalue weighted by Crippen LogP contribution is 2.23. The van der Waals surface area contributed by atoms with Crippen LogP contribution in [0.1, 0.15) is 32.4 Å². The molecular formula is C27H36N6O6S. The van der Waals surface area contributed by atoms with Crippen molar-refractivity contribution >= 4 is 15.9 Å². The quantitative estimate of drug-likeness (QED) is 0.431. The first kappa shape index (κ1) is 29.6. The minimum Gasteiger partial charge on any atom is -0.439 e. The van der Waals surface area contributed by atoms with E-state index in [-0.39, 0.29) is 48.4 Å². The Bertz CT molecular complexity index is 1350. The van der Waals surface area contributed by atoms with E-state index >= 15 is 0 Å². The molecule has 40 heavy (non-hydrogen) atoms. The Labute approximate surface area is 234 Å². The number of para-hydroxylation sites is 1. The summed E-state index contributed by atoms with van der Waals surface area (Å²) in [5, 5.41) is 18.0. The minimum atomic E-state index is -3.91. The number of aliphatic hydroxyl groups is 1. The molecule has 3 atom stereocenters. The number of hydrogen-bond acceptors (Lipinski definition) is 9. The predicted molar refractivity (Wildman–Crippen MR) is 146 cm³/mol. The van der Waals surface area contributed by atoms with E-state index in [1.807, 2.05) is 25.1 Å². The van der Waals surface area contributed by atoms with Gasteiger partial charge in [0.2, 0.25) is 21.8 Å². The number of amides is 1. The first-order valence-electron chi connectivity index (χ1n) is 13.2. The van der Waals surface area contributed by atoms with Crippen molar-refractivity contribution in [2.75, 3.05) is 26.7 Å². The number of aromatic nitrogens is 4. The fourth-order valence-corrected chi connectivity index (χ4v) is 5.54. The van der Waals surface area contributed by atoms with Gasteiger partial charge in [0.1, 0.15) is 16.3 Å². The lowest BCUT2D eigenvalue weighted by Crippen LogP contribution is -2.47. The van der Waals surface area contributed by atoms with Crippen LogP contribution in [0.25, 0.3) is 0 Å². The Morgan fingerprint density at radius 2 is 2.00 bits per heavy atom. The lowest BCUT2D eigenvalue weighted by molar-refractivity contribution is -0.136. The average Bonchev–Trinajstić information content (AvgIpc) is 3.41. The van der Waals surface area contributed by atoms with Crippen molar-refractivity contribution in [2.45, 2.75) is 56.9 Å². The highest BCUT2D eigenvalue weighted by atomic mass is 32.2. The molecule has 4 rings (SSSR count). The molecule has 3 aromatic rings. The molecule has 0 saturated carbocycles. The summed E-state index contributed by atoms with van der Waals surface area (Å²) in [4.78, 5) is 18.9. The summed E-state index contributed by atoms with van der Waals surface area (Å²) in [6.07, 6.45) is 3.33. The molecule has 2 aromatic heterocycles. The van der Waals surface area contributed by atoms with Crippen LogP contribution in [0.5, 0.6) is 11.6 Å². The van der Waals surface area contributed by atoms with Gasteiger partial charge in [0.15, 0.2) is 0 Å². The smallest absolute Gasteiger partial charge is 0.244 e. The summed E-state index contributed by atoms with van der Waals surface area (Å²) in [6, 6.07) is 11.7. The van der Waals surface area contributed by atoms with Crippen molar-refractivity contribution in [2.24, 2.45) is 5.92 Å². The van der Waals surface area contributed by atoms with Gasteiger partial charge >= 0.3 is 0 Å². The number of aryl methyl sites for hydroxylation is 1. The van der Waals surface area contributed by atoms with Gasteiger partial charge in [-0.3, -0.25) is 9.48 Å². The van der Waals surface area contributed by atoms with Crippen LogP contribution in [0.3, 0.4) is 0 Å². The van der Waals surface area contributed by atoms with E-state index in [2.05, 4.69) is 15.3 Å². The Balaban J connectivity index is 1.51. The molecule has 0 fully saturated rings. The number of carbonyl (C=O) groups is 1. The number of nitrogens with zero attached hydrogens (tertiary/aromatic N) is 6. The molecule has 13 heteroatoms. The highest BCUT2D eigenvalue weighted by molar-refractivity contribution is 7.89. The molecule has 1 aliphatic rings. The van der Waals surface area contributed by atoms with Crippen molar-refractivity contribution < 1.29 is 27.8 Å². The van der Waals surface area contributed by atoms with Gasteiger partial charge in [-0.2, -0.15) is 4.31 Å². The molecule has 1 N–H and O–H groups in total. The van der Waals surface area contributed by atoms with Gasteiger partial charge in [0.05, 0.1) is 37.8 Å². The van der Waals surface area contributed by atoms with E-state index in [0.717, 1.165) is 0 Å². The van der Waals surface area contributed by atoms with E-state index in [9.17, 15) is 18.3 Å². The molecule has 0 unspecified atom stereocenters. The van der Waals surface area contributed by atoms with Crippen LogP contribution >= 0.6 is 0 Å². The van der Waals surface area contributed by atoms with Gasteiger partial charge in [0, 0.05) is 45.1 Å². The third kappa shape index (κ3) is 7.42. The molecule has 1 aliphatic heterocycles. The molecule has 0 aliphatic carbocycles. The zero-order valence-corrected chi connectivity index (χ0v) is 23.8. The first-order valence-corrected chi connectivity index (χ1v) is 14.7. The van der Waals surface area contributed by atoms with E-state index in [1.54, 1.807) is 34.8 Å². The van der Waals surface area contributed by atoms with Gasteiger partial charge < -0.3 is 19.5 Å². The average molecular weight is 573 g/mol. The monoisotopic (exact) mass is 572 g/mol. The second-order valence-corrected chi connectivity index (χ2v) is 12.1. The molecule has 0 radical (unpaired) electrons. The number of carbonyl (C=O) groups excluding carboxylic acids is 1. The van der Waals surface area contributed by atoms with Gasteiger partial charge in [-0.15, -0.1) is 5.10 Å². The summed E-state index contributed by atoms with van der Waals surface area (Å²) < 4.78 is 41.6. The zero-order valence-electron chi connectivity index (χ0n) is 23.0. The molecule has 216 valence electrons. The third-order valence-corrected chi connectivity index (χ3v) is 8.67. The fraction of sp³-hybridized carbons (Fsp3) is 0.481. The lowest BCUT2D eigenvalue weighted by Gasteiger charge is -2.35. The highest BCUT2D eigenvalue weighted by Gasteiger charge is 2.31. The molecule has 12 nitrogen and oxygen atoms in total. The van der Waals surface area contributed by atoms with Gasteiger partial charge in [-0.1, -0.05) is 30.3 Å². The number of benzene rings is 1. The molecule has 2 bridgehead atoms. The van der Waals surface area contributed by atoms with Crippen molar-refractivity contribution in [3.8, 4) is 11.6 Å². The second-order valence-electron chi connectivity index (χ2n) is 10.0. The number of likely N-dealkylation sites (N-methyl/N-ethyl adjacent to an activating group) is 1. The van der Waals surface area contributed by atoms with Crippen LogP contribution < -0.4 is 4.74 Å². The predicted octanol–water partition coefficient (Wildman–Crippen LogP) is 2.31. The zero-order chi connectivity index (χ0) is 28.7. The van der Waals surface area contributed by atoms with Crippen molar-refractivity contribution in [1.29, 1.82) is 0 Å². The van der Waals surface area contributed by atoms with Crippen LogP contribution in [-0.4, -0.2) is 87.5 Å². The van der Waals surface area contributed by atoms with Crippen molar-refractivity contribution in [3.05, 3.63) is 60.6 Å². The molecular weight excluding hydrogens is 536 g/mol. The third-order valence-electron chi connectivity index (χ3n) is 6.87.